The Bertz CT molecular complexity index is 955. The van der Waals surface area contributed by atoms with Gasteiger partial charge in [0.15, 0.2) is 0 Å². The lowest BCUT2D eigenvalue weighted by Gasteiger charge is -2.18. The van der Waals surface area contributed by atoms with Gasteiger partial charge in [0, 0.05) is 36.0 Å². The number of aryl methyl sites for hydroxylation is 1. The van der Waals surface area contributed by atoms with Crippen LogP contribution in [-0.4, -0.2) is 35.0 Å². The summed E-state index contributed by atoms with van der Waals surface area (Å²) >= 11 is 0. The zero-order valence-corrected chi connectivity index (χ0v) is 16.2. The fourth-order valence-corrected chi connectivity index (χ4v) is 2.82. The summed E-state index contributed by atoms with van der Waals surface area (Å²) in [5, 5.41) is 6.73. The van der Waals surface area contributed by atoms with Crippen LogP contribution in [0.5, 0.6) is 0 Å². The molecule has 3 rings (SSSR count). The van der Waals surface area contributed by atoms with E-state index >= 15 is 0 Å². The summed E-state index contributed by atoms with van der Waals surface area (Å²) in [5.41, 5.74) is 3.79. The van der Waals surface area contributed by atoms with Crippen LogP contribution in [-0.2, 0) is 0 Å². The van der Waals surface area contributed by atoms with Crippen LogP contribution in [0.4, 0.5) is 5.69 Å². The fourth-order valence-electron chi connectivity index (χ4n) is 2.82. The molecule has 0 aliphatic carbocycles. The molecule has 0 atom stereocenters. The third kappa shape index (κ3) is 4.28. The van der Waals surface area contributed by atoms with Gasteiger partial charge in [-0.1, -0.05) is 35.0 Å². The number of amides is 2. The number of anilines is 1. The Labute approximate surface area is 164 Å². The van der Waals surface area contributed by atoms with Crippen molar-refractivity contribution >= 4 is 17.5 Å². The summed E-state index contributed by atoms with van der Waals surface area (Å²) in [5.74, 6) is -0.298. The molecule has 0 aliphatic rings. The lowest BCUT2D eigenvalue weighted by Crippen LogP contribution is -2.30. The molecule has 1 aromatic heterocycles. The summed E-state index contributed by atoms with van der Waals surface area (Å²) in [7, 11) is 0. The Balaban J connectivity index is 1.68. The molecule has 1 heterocycles. The van der Waals surface area contributed by atoms with Crippen molar-refractivity contribution in [2.24, 2.45) is 0 Å². The Morgan fingerprint density at radius 3 is 2.25 bits per heavy atom. The molecule has 0 bridgehead atoms. The SMILES string of the molecule is CCN(CC)C(=O)c1ccc(NC(=O)c2cc(-c3ccc(C)cc3)no2)cc1. The van der Waals surface area contributed by atoms with Crippen LogP contribution >= 0.6 is 0 Å². The Hall–Kier alpha value is -3.41. The molecule has 0 saturated carbocycles. The van der Waals surface area contributed by atoms with Crippen molar-refractivity contribution < 1.29 is 14.1 Å². The first-order chi connectivity index (χ1) is 13.5. The number of aromatic nitrogens is 1. The van der Waals surface area contributed by atoms with Gasteiger partial charge in [0.25, 0.3) is 11.8 Å². The van der Waals surface area contributed by atoms with E-state index in [1.54, 1.807) is 35.2 Å². The lowest BCUT2D eigenvalue weighted by molar-refractivity contribution is 0.0773. The number of rotatable bonds is 6. The molecule has 0 unspecified atom stereocenters. The van der Waals surface area contributed by atoms with Gasteiger partial charge in [0.1, 0.15) is 5.69 Å². The highest BCUT2D eigenvalue weighted by Gasteiger charge is 2.16. The first-order valence-electron chi connectivity index (χ1n) is 9.26. The third-order valence-corrected chi connectivity index (χ3v) is 4.52. The monoisotopic (exact) mass is 377 g/mol. The van der Waals surface area contributed by atoms with E-state index in [1.165, 1.54) is 0 Å². The highest BCUT2D eigenvalue weighted by Crippen LogP contribution is 2.20. The molecule has 0 saturated heterocycles. The first-order valence-corrected chi connectivity index (χ1v) is 9.26. The maximum Gasteiger partial charge on any atom is 0.294 e. The molecular weight excluding hydrogens is 354 g/mol. The van der Waals surface area contributed by atoms with Crippen LogP contribution in [0.2, 0.25) is 0 Å². The van der Waals surface area contributed by atoms with Gasteiger partial charge in [-0.3, -0.25) is 9.59 Å². The van der Waals surface area contributed by atoms with Gasteiger partial charge >= 0.3 is 0 Å². The number of hydrogen-bond donors (Lipinski definition) is 1. The minimum Gasteiger partial charge on any atom is -0.350 e. The molecule has 6 nitrogen and oxygen atoms in total. The molecule has 0 fully saturated rings. The number of carbonyl (C=O) groups excluding carboxylic acids is 2. The molecule has 28 heavy (non-hydrogen) atoms. The smallest absolute Gasteiger partial charge is 0.294 e. The van der Waals surface area contributed by atoms with Crippen molar-refractivity contribution in [3.63, 3.8) is 0 Å². The fraction of sp³-hybridized carbons (Fsp3) is 0.227. The van der Waals surface area contributed by atoms with Crippen molar-refractivity contribution in [2.75, 3.05) is 18.4 Å². The number of benzene rings is 2. The molecule has 3 aromatic rings. The van der Waals surface area contributed by atoms with Crippen LogP contribution in [0.25, 0.3) is 11.3 Å². The Kier molecular flexibility index (Phi) is 5.89. The normalized spacial score (nSPS) is 10.5. The zero-order chi connectivity index (χ0) is 20.1. The van der Waals surface area contributed by atoms with E-state index in [-0.39, 0.29) is 11.7 Å². The van der Waals surface area contributed by atoms with Crippen molar-refractivity contribution in [2.45, 2.75) is 20.8 Å². The van der Waals surface area contributed by atoms with Gasteiger partial charge in [-0.2, -0.15) is 0 Å². The van der Waals surface area contributed by atoms with Gasteiger partial charge in [0.2, 0.25) is 5.76 Å². The maximum absolute atomic E-state index is 12.4. The largest absolute Gasteiger partial charge is 0.350 e. The standard InChI is InChI=1S/C22H23N3O3/c1-4-25(5-2)22(27)17-10-12-18(13-11-17)23-21(26)20-14-19(24-28-20)16-8-6-15(3)7-9-16/h6-14H,4-5H2,1-3H3,(H,23,26). The van der Waals surface area contributed by atoms with Crippen molar-refractivity contribution in [3.8, 4) is 11.3 Å². The number of nitrogens with one attached hydrogen (secondary N) is 1. The highest BCUT2D eigenvalue weighted by molar-refractivity contribution is 6.03. The molecule has 0 radical (unpaired) electrons. The average molecular weight is 377 g/mol. The predicted molar refractivity (Wildman–Crippen MR) is 108 cm³/mol. The molecule has 0 spiro atoms. The molecule has 144 valence electrons. The Morgan fingerprint density at radius 1 is 1.00 bits per heavy atom. The van der Waals surface area contributed by atoms with Crippen molar-refractivity contribution in [1.82, 2.24) is 10.1 Å². The van der Waals surface area contributed by atoms with Gasteiger partial charge in [-0.05, 0) is 45.0 Å². The molecule has 0 aliphatic heterocycles. The highest BCUT2D eigenvalue weighted by atomic mass is 16.5. The number of carbonyl (C=O) groups is 2. The summed E-state index contributed by atoms with van der Waals surface area (Å²) in [6.45, 7) is 7.20. The third-order valence-electron chi connectivity index (χ3n) is 4.52. The van der Waals surface area contributed by atoms with Crippen LogP contribution < -0.4 is 5.32 Å². The van der Waals surface area contributed by atoms with Crippen molar-refractivity contribution in [1.29, 1.82) is 0 Å². The molecular formula is C22H23N3O3. The predicted octanol–water partition coefficient (Wildman–Crippen LogP) is 4.38. The molecule has 1 N–H and O–H groups in total. The molecule has 2 aromatic carbocycles. The Morgan fingerprint density at radius 2 is 1.64 bits per heavy atom. The van der Waals surface area contributed by atoms with Crippen LogP contribution in [0.15, 0.2) is 59.1 Å². The van der Waals surface area contributed by atoms with Crippen LogP contribution in [0.3, 0.4) is 0 Å². The van der Waals surface area contributed by atoms with E-state index in [4.69, 9.17) is 4.52 Å². The van der Waals surface area contributed by atoms with Gasteiger partial charge in [0.05, 0.1) is 0 Å². The number of hydrogen-bond acceptors (Lipinski definition) is 4. The molecule has 6 heteroatoms. The minimum atomic E-state index is -0.395. The van der Waals surface area contributed by atoms with E-state index in [1.807, 2.05) is 45.0 Å². The first kappa shape index (κ1) is 19.4. The second-order valence-electron chi connectivity index (χ2n) is 6.45. The van der Waals surface area contributed by atoms with Gasteiger partial charge in [-0.15, -0.1) is 0 Å². The second-order valence-corrected chi connectivity index (χ2v) is 6.45. The van der Waals surface area contributed by atoms with E-state index in [0.29, 0.717) is 30.0 Å². The van der Waals surface area contributed by atoms with E-state index in [0.717, 1.165) is 11.1 Å². The summed E-state index contributed by atoms with van der Waals surface area (Å²) in [4.78, 5) is 26.5. The van der Waals surface area contributed by atoms with Gasteiger partial charge in [-0.25, -0.2) is 0 Å². The number of nitrogens with zero attached hydrogens (tertiary/aromatic N) is 2. The van der Waals surface area contributed by atoms with Crippen LogP contribution in [0, 0.1) is 6.92 Å². The minimum absolute atomic E-state index is 0.0270. The summed E-state index contributed by atoms with van der Waals surface area (Å²) in [6, 6.07) is 16.2. The van der Waals surface area contributed by atoms with Crippen LogP contribution in [0.1, 0.15) is 40.3 Å². The zero-order valence-electron chi connectivity index (χ0n) is 16.2. The van der Waals surface area contributed by atoms with E-state index in [9.17, 15) is 9.59 Å². The second kappa shape index (κ2) is 8.52. The van der Waals surface area contributed by atoms with Crippen molar-refractivity contribution in [3.05, 3.63) is 71.5 Å². The summed E-state index contributed by atoms with van der Waals surface area (Å²) in [6.07, 6.45) is 0. The summed E-state index contributed by atoms with van der Waals surface area (Å²) < 4.78 is 5.18. The van der Waals surface area contributed by atoms with E-state index < -0.39 is 5.91 Å². The maximum atomic E-state index is 12.4. The average Bonchev–Trinajstić information content (AvgIpc) is 3.20. The topological polar surface area (TPSA) is 75.4 Å². The molecule has 2 amide bonds. The van der Waals surface area contributed by atoms with Gasteiger partial charge < -0.3 is 14.7 Å². The van der Waals surface area contributed by atoms with E-state index in [2.05, 4.69) is 10.5 Å². The quantitative estimate of drug-likeness (QED) is 0.691. The lowest BCUT2D eigenvalue weighted by atomic mass is 10.1.